The zero-order valence-corrected chi connectivity index (χ0v) is 11.6. The number of rotatable bonds is 4. The Balaban J connectivity index is 1.95. The lowest BCUT2D eigenvalue weighted by Crippen LogP contribution is -2.33. The van der Waals surface area contributed by atoms with Crippen molar-refractivity contribution >= 4 is 17.5 Å². The van der Waals surface area contributed by atoms with Gasteiger partial charge in [0.25, 0.3) is 0 Å². The van der Waals surface area contributed by atoms with Crippen LogP contribution < -0.4 is 5.32 Å². The molecule has 0 saturated carbocycles. The molecule has 1 atom stereocenters. The fourth-order valence-corrected chi connectivity index (χ4v) is 2.45. The minimum atomic E-state index is -0.147. The fraction of sp³-hybridized carbons (Fsp3) is 0.467. The van der Waals surface area contributed by atoms with E-state index in [9.17, 15) is 9.59 Å². The molecule has 0 spiro atoms. The van der Waals surface area contributed by atoms with Crippen molar-refractivity contribution in [3.05, 3.63) is 29.8 Å². The van der Waals surface area contributed by atoms with Crippen LogP contribution in [0, 0.1) is 5.92 Å². The number of hydrogen-bond acceptors (Lipinski definition) is 3. The number of nitrogens with one attached hydrogen (secondary N) is 1. The third kappa shape index (κ3) is 3.57. The largest absolute Gasteiger partial charge is 0.396 e. The van der Waals surface area contributed by atoms with E-state index < -0.39 is 0 Å². The van der Waals surface area contributed by atoms with E-state index in [4.69, 9.17) is 5.11 Å². The van der Waals surface area contributed by atoms with Crippen molar-refractivity contribution in [2.45, 2.75) is 19.8 Å². The molecule has 0 aliphatic carbocycles. The van der Waals surface area contributed by atoms with Gasteiger partial charge in [-0.2, -0.15) is 0 Å². The Hall–Kier alpha value is -1.88. The van der Waals surface area contributed by atoms with Gasteiger partial charge in [-0.25, -0.2) is 4.79 Å². The number of benzene rings is 1. The van der Waals surface area contributed by atoms with Crippen molar-refractivity contribution in [3.8, 4) is 0 Å². The van der Waals surface area contributed by atoms with Crippen LogP contribution in [0.3, 0.4) is 0 Å². The molecule has 1 aromatic rings. The van der Waals surface area contributed by atoms with Crippen LogP contribution in [0.15, 0.2) is 24.3 Å². The molecule has 0 bridgehead atoms. The molecule has 1 unspecified atom stereocenters. The first-order valence-electron chi connectivity index (χ1n) is 6.88. The summed E-state index contributed by atoms with van der Waals surface area (Å²) in [6, 6.07) is 6.79. The maximum Gasteiger partial charge on any atom is 0.321 e. The van der Waals surface area contributed by atoms with Gasteiger partial charge < -0.3 is 15.3 Å². The molecular weight excluding hydrogens is 256 g/mol. The molecule has 5 heteroatoms. The number of ketones is 1. The van der Waals surface area contributed by atoms with E-state index >= 15 is 0 Å². The van der Waals surface area contributed by atoms with Crippen molar-refractivity contribution in [3.63, 3.8) is 0 Å². The lowest BCUT2D eigenvalue weighted by atomic mass is 10.1. The summed E-state index contributed by atoms with van der Waals surface area (Å²) in [7, 11) is 0. The number of aliphatic hydroxyl groups is 1. The van der Waals surface area contributed by atoms with Crippen LogP contribution in [0.4, 0.5) is 10.5 Å². The molecule has 5 nitrogen and oxygen atoms in total. The first kappa shape index (κ1) is 14.5. The van der Waals surface area contributed by atoms with Gasteiger partial charge in [-0.05, 0) is 37.8 Å². The van der Waals surface area contributed by atoms with Crippen LogP contribution in [0.2, 0.25) is 0 Å². The molecular formula is C15H20N2O3. The zero-order valence-electron chi connectivity index (χ0n) is 11.6. The number of carbonyl (C=O) groups excluding carboxylic acids is 2. The molecule has 1 aromatic carbocycles. The van der Waals surface area contributed by atoms with E-state index in [1.54, 1.807) is 29.2 Å². The quantitative estimate of drug-likeness (QED) is 0.828. The Morgan fingerprint density at radius 1 is 1.45 bits per heavy atom. The summed E-state index contributed by atoms with van der Waals surface area (Å²) in [6.07, 6.45) is 1.67. The molecule has 20 heavy (non-hydrogen) atoms. The zero-order chi connectivity index (χ0) is 14.5. The van der Waals surface area contributed by atoms with Crippen molar-refractivity contribution in [1.82, 2.24) is 4.90 Å². The van der Waals surface area contributed by atoms with Gasteiger partial charge in [-0.3, -0.25) is 4.79 Å². The molecule has 2 rings (SSSR count). The van der Waals surface area contributed by atoms with Crippen LogP contribution in [0.25, 0.3) is 0 Å². The van der Waals surface area contributed by atoms with Crippen LogP contribution >= 0.6 is 0 Å². The summed E-state index contributed by atoms with van der Waals surface area (Å²) in [5.41, 5.74) is 1.22. The lowest BCUT2D eigenvalue weighted by Gasteiger charge is -2.17. The number of likely N-dealkylation sites (tertiary alicyclic amines) is 1. The van der Waals surface area contributed by atoms with E-state index in [-0.39, 0.29) is 18.4 Å². The van der Waals surface area contributed by atoms with Gasteiger partial charge in [-0.15, -0.1) is 0 Å². The summed E-state index contributed by atoms with van der Waals surface area (Å²) in [6.45, 7) is 3.06. The van der Waals surface area contributed by atoms with Crippen molar-refractivity contribution in [1.29, 1.82) is 0 Å². The Bertz CT molecular complexity index is 502. The number of anilines is 1. The topological polar surface area (TPSA) is 69.6 Å². The van der Waals surface area contributed by atoms with Crippen molar-refractivity contribution in [2.75, 3.05) is 25.0 Å². The molecule has 0 aromatic heterocycles. The monoisotopic (exact) mass is 276 g/mol. The summed E-state index contributed by atoms with van der Waals surface area (Å²) in [5, 5.41) is 11.7. The SMILES string of the molecule is CC(=O)c1cccc(NC(=O)N2CCC(CCO)C2)c1. The number of urea groups is 1. The molecule has 1 fully saturated rings. The predicted octanol–water partition coefficient (Wildman–Crippen LogP) is 2.13. The van der Waals surface area contributed by atoms with Gasteiger partial charge in [0.05, 0.1) is 0 Å². The highest BCUT2D eigenvalue weighted by Crippen LogP contribution is 2.20. The van der Waals surface area contributed by atoms with Crippen LogP contribution in [0.5, 0.6) is 0 Å². The normalized spacial score (nSPS) is 18.1. The summed E-state index contributed by atoms with van der Waals surface area (Å²) in [4.78, 5) is 25.2. The van der Waals surface area contributed by atoms with Gasteiger partial charge in [0.2, 0.25) is 0 Å². The molecule has 1 aliphatic rings. The van der Waals surface area contributed by atoms with Crippen molar-refractivity contribution < 1.29 is 14.7 Å². The van der Waals surface area contributed by atoms with Crippen molar-refractivity contribution in [2.24, 2.45) is 5.92 Å². The second-order valence-electron chi connectivity index (χ2n) is 5.18. The highest BCUT2D eigenvalue weighted by Gasteiger charge is 2.25. The van der Waals surface area contributed by atoms with Crippen LogP contribution in [-0.4, -0.2) is 41.5 Å². The highest BCUT2D eigenvalue weighted by atomic mass is 16.3. The Morgan fingerprint density at radius 3 is 2.95 bits per heavy atom. The summed E-state index contributed by atoms with van der Waals surface area (Å²) >= 11 is 0. The standard InChI is InChI=1S/C15H20N2O3/c1-11(19)13-3-2-4-14(9-13)16-15(20)17-7-5-12(10-17)6-8-18/h2-4,9,12,18H,5-8,10H2,1H3,(H,16,20). The first-order chi connectivity index (χ1) is 9.60. The number of carbonyl (C=O) groups is 2. The number of aliphatic hydroxyl groups excluding tert-OH is 1. The average molecular weight is 276 g/mol. The summed E-state index contributed by atoms with van der Waals surface area (Å²) < 4.78 is 0. The first-order valence-corrected chi connectivity index (χ1v) is 6.88. The second kappa shape index (κ2) is 6.52. The van der Waals surface area contributed by atoms with E-state index in [2.05, 4.69) is 5.32 Å². The van der Waals surface area contributed by atoms with E-state index in [1.165, 1.54) is 6.92 Å². The molecule has 108 valence electrons. The molecule has 0 radical (unpaired) electrons. The second-order valence-corrected chi connectivity index (χ2v) is 5.18. The fourth-order valence-electron chi connectivity index (χ4n) is 2.45. The third-order valence-electron chi connectivity index (χ3n) is 3.63. The van der Waals surface area contributed by atoms with Gasteiger partial charge >= 0.3 is 6.03 Å². The molecule has 2 amide bonds. The number of nitrogens with zero attached hydrogens (tertiary/aromatic N) is 1. The number of amides is 2. The minimum absolute atomic E-state index is 0.0229. The summed E-state index contributed by atoms with van der Waals surface area (Å²) in [5.74, 6) is 0.361. The molecule has 1 saturated heterocycles. The maximum absolute atomic E-state index is 12.1. The Kier molecular flexibility index (Phi) is 4.74. The van der Waals surface area contributed by atoms with E-state index in [1.807, 2.05) is 0 Å². The smallest absolute Gasteiger partial charge is 0.321 e. The van der Waals surface area contributed by atoms with Gasteiger partial charge in [0.15, 0.2) is 5.78 Å². The van der Waals surface area contributed by atoms with Crippen LogP contribution in [-0.2, 0) is 0 Å². The number of Topliss-reactive ketones (excluding diaryl/α,β-unsaturated/α-hetero) is 1. The average Bonchev–Trinajstić information content (AvgIpc) is 2.88. The van der Waals surface area contributed by atoms with E-state index in [0.29, 0.717) is 30.3 Å². The van der Waals surface area contributed by atoms with Gasteiger partial charge in [0, 0.05) is 30.9 Å². The van der Waals surface area contributed by atoms with E-state index in [0.717, 1.165) is 12.8 Å². The van der Waals surface area contributed by atoms with Crippen LogP contribution in [0.1, 0.15) is 30.1 Å². The lowest BCUT2D eigenvalue weighted by molar-refractivity contribution is 0.101. The predicted molar refractivity (Wildman–Crippen MR) is 76.8 cm³/mol. The Morgan fingerprint density at radius 2 is 2.25 bits per heavy atom. The minimum Gasteiger partial charge on any atom is -0.396 e. The maximum atomic E-state index is 12.1. The molecule has 2 N–H and O–H groups in total. The van der Waals surface area contributed by atoms with Gasteiger partial charge in [0.1, 0.15) is 0 Å². The third-order valence-corrected chi connectivity index (χ3v) is 3.63. The molecule has 1 aliphatic heterocycles. The Labute approximate surface area is 118 Å². The molecule has 1 heterocycles. The number of hydrogen-bond donors (Lipinski definition) is 2. The van der Waals surface area contributed by atoms with Gasteiger partial charge in [-0.1, -0.05) is 12.1 Å². The highest BCUT2D eigenvalue weighted by molar-refractivity contribution is 5.96.